The number of aliphatic hydroxyl groups excluding tert-OH is 1. The number of carbonyl (C=O) groups excluding carboxylic acids is 8. The second-order valence-electron chi connectivity index (χ2n) is 21.5. The van der Waals surface area contributed by atoms with Gasteiger partial charge in [-0.1, -0.05) is 107 Å². The number of ether oxygens (including phenoxy) is 5. The van der Waals surface area contributed by atoms with Crippen molar-refractivity contribution >= 4 is 120 Å². The number of hydrogen-bond acceptors (Lipinski definition) is 15. The molecule has 23 nitrogen and oxygen atoms in total. The van der Waals surface area contributed by atoms with Gasteiger partial charge in [-0.25, -0.2) is 14.4 Å². The van der Waals surface area contributed by atoms with E-state index in [9.17, 15) is 48.6 Å². The fraction of sp³-hybridized carbons (Fsp3) is 0.579. The zero-order valence-electron chi connectivity index (χ0n) is 48.7. The Labute approximate surface area is 517 Å². The molecule has 1 saturated heterocycles. The molecule has 4 bridgehead atoms. The van der Waals surface area contributed by atoms with Gasteiger partial charge in [0, 0.05) is 61.7 Å². The van der Waals surface area contributed by atoms with Crippen molar-refractivity contribution in [1.29, 1.82) is 0 Å². The predicted octanol–water partition coefficient (Wildman–Crippen LogP) is 7.78. The predicted molar refractivity (Wildman–Crippen MR) is 325 cm³/mol. The first kappa shape index (κ1) is 70.8. The number of anilines is 3. The number of halogens is 4. The Hall–Kier alpha value is -5.70. The van der Waals surface area contributed by atoms with E-state index in [1.54, 1.807) is 65.0 Å². The smallest absolute Gasteiger partial charge is 0.411 e. The molecule has 2 unspecified atom stereocenters. The number of fused-ring (bicyclic) bond motifs is 4. The Kier molecular flexibility index (Phi) is 28.5. The lowest BCUT2D eigenvalue weighted by molar-refractivity contribution is -0.153. The van der Waals surface area contributed by atoms with Gasteiger partial charge in [-0.3, -0.25) is 34.6 Å². The Balaban J connectivity index is 1.54. The van der Waals surface area contributed by atoms with Crippen LogP contribution in [0.3, 0.4) is 0 Å². The number of benzene rings is 2. The quantitative estimate of drug-likeness (QED) is 0.0222. The van der Waals surface area contributed by atoms with Crippen molar-refractivity contribution in [3.8, 4) is 5.75 Å². The van der Waals surface area contributed by atoms with E-state index in [1.807, 2.05) is 6.92 Å². The number of urea groups is 1. The molecule has 2 aromatic rings. The van der Waals surface area contributed by atoms with Gasteiger partial charge >= 0.3 is 24.2 Å². The number of nitrogens with one attached hydrogen (secondary N) is 6. The topological polar surface area (TPSA) is 325 Å². The molecule has 0 aliphatic carbocycles. The normalized spacial score (nSPS) is 23.3. The van der Waals surface area contributed by atoms with E-state index in [1.165, 1.54) is 44.4 Å². The summed E-state index contributed by atoms with van der Waals surface area (Å²) in [6, 6.07) is 4.55. The van der Waals surface area contributed by atoms with Gasteiger partial charge in [-0.2, -0.15) is 0 Å². The molecule has 84 heavy (non-hydrogen) atoms. The van der Waals surface area contributed by atoms with Crippen molar-refractivity contribution in [1.82, 2.24) is 21.3 Å². The highest BCUT2D eigenvalue weighted by Crippen LogP contribution is 2.38. The van der Waals surface area contributed by atoms with Gasteiger partial charge in [0.15, 0.2) is 5.72 Å². The monoisotopic (exact) mass is 1340 g/mol. The number of rotatable bonds is 23. The number of alkyl halides is 2. The summed E-state index contributed by atoms with van der Waals surface area (Å²) in [5, 5.41) is 40.5. The summed E-state index contributed by atoms with van der Waals surface area (Å²) in [7, 11) is 4.30. The molecule has 466 valence electrons. The van der Waals surface area contributed by atoms with E-state index in [4.69, 9.17) is 52.6 Å². The number of carbonyl (C=O) groups is 8. The summed E-state index contributed by atoms with van der Waals surface area (Å²) in [5.74, 6) is -5.02. The van der Waals surface area contributed by atoms with E-state index in [0.29, 0.717) is 36.3 Å². The molecule has 27 heteroatoms. The summed E-state index contributed by atoms with van der Waals surface area (Å²) in [6.45, 7) is 10.3. The molecule has 2 heterocycles. The number of methoxy groups -OCH3 is 2. The van der Waals surface area contributed by atoms with Crippen LogP contribution in [0.2, 0.25) is 10.0 Å². The summed E-state index contributed by atoms with van der Waals surface area (Å²) < 4.78 is 28.3. The Morgan fingerprint density at radius 3 is 2.29 bits per heavy atom. The summed E-state index contributed by atoms with van der Waals surface area (Å²) >= 11 is 20.1. The molecule has 10 atom stereocenters. The van der Waals surface area contributed by atoms with E-state index >= 15 is 0 Å². The van der Waals surface area contributed by atoms with E-state index in [2.05, 4.69) is 63.8 Å². The molecule has 2 aliphatic heterocycles. The number of nitrogens with two attached hydrogens (primary N) is 1. The number of aliphatic hydroxyl groups is 2. The van der Waals surface area contributed by atoms with E-state index in [-0.39, 0.29) is 83.1 Å². The average Bonchev–Trinajstić information content (AvgIpc) is 3.64. The number of esters is 1. The second-order valence-corrected chi connectivity index (χ2v) is 23.5. The zero-order chi connectivity index (χ0) is 62.6. The van der Waals surface area contributed by atoms with Crippen LogP contribution in [0.4, 0.5) is 31.4 Å². The third-order valence-corrected chi connectivity index (χ3v) is 16.8. The molecule has 2 aliphatic rings. The van der Waals surface area contributed by atoms with Crippen LogP contribution in [0.1, 0.15) is 98.5 Å². The van der Waals surface area contributed by atoms with Crippen LogP contribution in [0, 0.1) is 23.7 Å². The van der Waals surface area contributed by atoms with E-state index in [0.717, 1.165) is 11.1 Å². The van der Waals surface area contributed by atoms with Crippen molar-refractivity contribution < 1.29 is 72.3 Å². The summed E-state index contributed by atoms with van der Waals surface area (Å²) in [5.41, 5.74) is 5.28. The van der Waals surface area contributed by atoms with Crippen LogP contribution in [0.5, 0.6) is 5.75 Å². The SMILES string of the molecule is COc1cc2cc(c1Cl)N(C)C(=O)C[C@H](OC(=O)Nc1ccc(NC(=O)[C@H](CCCNC(N)=O)NC(=O)[C@@H](NC(=O)CCCCC(C)OC(=O)C(CBr)CBr)C(C)C)cc1Cl)C(C)[C@@H](O)[C@H](C)[C@@H]1C[C@@](O)(NC(=O)O1)[C@H](OC)/C=C/C=C(\C)C2. The fourth-order valence-electron chi connectivity index (χ4n) is 9.46. The van der Waals surface area contributed by atoms with Gasteiger partial charge in [-0.15, -0.1) is 0 Å². The van der Waals surface area contributed by atoms with Crippen molar-refractivity contribution in [2.45, 2.75) is 148 Å². The number of unbranched alkanes of at least 4 members (excludes halogenated alkanes) is 1. The molecular weight excluding hydrogens is 1270 g/mol. The highest BCUT2D eigenvalue weighted by molar-refractivity contribution is 9.09. The van der Waals surface area contributed by atoms with Gasteiger partial charge < -0.3 is 65.8 Å². The fourth-order valence-corrected chi connectivity index (χ4v) is 11.6. The molecular formula is C57H80Br2Cl2N8O15. The van der Waals surface area contributed by atoms with Crippen LogP contribution in [0.25, 0.3) is 0 Å². The lowest BCUT2D eigenvalue weighted by Crippen LogP contribution is -2.64. The molecule has 2 aromatic carbocycles. The molecule has 0 radical (unpaired) electrons. The van der Waals surface area contributed by atoms with Crippen LogP contribution in [0.15, 0.2) is 54.1 Å². The molecule has 1 fully saturated rings. The lowest BCUT2D eigenvalue weighted by Gasteiger charge is -2.43. The minimum Gasteiger partial charge on any atom is -0.495 e. The number of nitrogens with zero attached hydrogens (tertiary/aromatic N) is 1. The van der Waals surface area contributed by atoms with Crippen molar-refractivity contribution in [3.63, 3.8) is 0 Å². The maximum atomic E-state index is 14.3. The standard InChI is InChI=1S/C57H80Br2Cl2N8O15/c1-30(2)49(67-46(70)18-11-10-15-32(4)82-53(75)36(28-58)29-59)52(74)65-40(16-13-21-63-54(62)76)51(73)64-37-19-20-39(38(60)25-37)66-55(77)83-42-26-47(71)69(7)41-23-35(24-43(80-8)48(41)61)22-31(3)14-12-17-45(81-9)57(79)27-44(84-56(78)68-57)34(6)50(72)33(42)5/h12,14,17,19-20,23-25,30,32-34,36,40,42,44-45,49-50,72,79H,10-11,13,15-16,18,21-22,26-29H2,1-9H3,(H,64,73)(H,65,74)(H,66,77)(H,67,70)(H,68,78)(H3,62,63,76)/b17-12+,31-14+/t32?,33?,34-,40+,42+,44+,45-,49+,50-,57+/m1/s1. The van der Waals surface area contributed by atoms with Crippen LogP contribution >= 0.6 is 55.1 Å². The molecule has 0 saturated carbocycles. The molecule has 0 aromatic heterocycles. The summed E-state index contributed by atoms with van der Waals surface area (Å²) in [4.78, 5) is 107. The van der Waals surface area contributed by atoms with Crippen molar-refractivity contribution in [3.05, 3.63) is 69.7 Å². The third kappa shape index (κ3) is 21.1. The van der Waals surface area contributed by atoms with Gasteiger partial charge in [0.2, 0.25) is 23.6 Å². The van der Waals surface area contributed by atoms with Crippen molar-refractivity contribution in [2.75, 3.05) is 54.0 Å². The number of amides is 8. The second kappa shape index (κ2) is 33.9. The first-order chi connectivity index (χ1) is 39.6. The van der Waals surface area contributed by atoms with E-state index < -0.39 is 108 Å². The first-order valence-electron chi connectivity index (χ1n) is 27.6. The maximum Gasteiger partial charge on any atom is 0.411 e. The number of allylic oxidation sites excluding steroid dienone is 3. The highest BCUT2D eigenvalue weighted by Gasteiger charge is 2.48. The van der Waals surface area contributed by atoms with Gasteiger partial charge in [-0.05, 0) is 94.2 Å². The van der Waals surface area contributed by atoms with Gasteiger partial charge in [0.05, 0.1) is 48.1 Å². The highest BCUT2D eigenvalue weighted by atomic mass is 79.9. The minimum atomic E-state index is -1.98. The Bertz CT molecular complexity index is 2700. The summed E-state index contributed by atoms with van der Waals surface area (Å²) in [6.07, 6.45) is -0.788. The minimum absolute atomic E-state index is 0.00746. The van der Waals surface area contributed by atoms with Gasteiger partial charge in [0.1, 0.15) is 41.2 Å². The van der Waals surface area contributed by atoms with Gasteiger partial charge in [0.25, 0.3) is 0 Å². The number of alkyl carbamates (subject to hydrolysis) is 1. The lowest BCUT2D eigenvalue weighted by atomic mass is 9.81. The molecule has 0 spiro atoms. The Morgan fingerprint density at radius 1 is 0.952 bits per heavy atom. The molecule has 8 amide bonds. The third-order valence-electron chi connectivity index (χ3n) is 14.5. The first-order valence-corrected chi connectivity index (χ1v) is 30.6. The van der Waals surface area contributed by atoms with Crippen LogP contribution in [-0.2, 0) is 49.3 Å². The average molecular weight is 1350 g/mol. The van der Waals surface area contributed by atoms with Crippen LogP contribution < -0.4 is 47.3 Å². The molecule has 10 N–H and O–H groups in total. The number of primary amides is 1. The maximum absolute atomic E-state index is 14.3. The number of hydrogen-bond donors (Lipinski definition) is 9. The molecule has 4 rings (SSSR count). The zero-order valence-corrected chi connectivity index (χ0v) is 53.4. The Morgan fingerprint density at radius 2 is 1.65 bits per heavy atom. The van der Waals surface area contributed by atoms with Crippen molar-refractivity contribution in [2.24, 2.45) is 29.4 Å². The van der Waals surface area contributed by atoms with Crippen LogP contribution in [-0.4, -0.2) is 145 Å². The largest absolute Gasteiger partial charge is 0.495 e.